The van der Waals surface area contributed by atoms with Crippen molar-refractivity contribution in [1.82, 2.24) is 4.72 Å². The second kappa shape index (κ2) is 6.81. The van der Waals surface area contributed by atoms with Gasteiger partial charge in [0.1, 0.15) is 13.2 Å². The fraction of sp³-hybridized carbons (Fsp3) is 0.294. The molecule has 0 aliphatic carbocycles. The number of fused-ring (bicyclic) bond motifs is 1. The molecule has 1 heterocycles. The van der Waals surface area contributed by atoms with Crippen molar-refractivity contribution in [1.29, 1.82) is 0 Å². The van der Waals surface area contributed by atoms with E-state index in [1.54, 1.807) is 25.1 Å². The van der Waals surface area contributed by atoms with Crippen LogP contribution < -0.4 is 14.2 Å². The highest BCUT2D eigenvalue weighted by Crippen LogP contribution is 2.33. The van der Waals surface area contributed by atoms with Gasteiger partial charge in [0.15, 0.2) is 11.5 Å². The Labute approximate surface area is 148 Å². The summed E-state index contributed by atoms with van der Waals surface area (Å²) in [4.78, 5) is -0.241. The van der Waals surface area contributed by atoms with Gasteiger partial charge in [-0.05, 0) is 48.9 Å². The minimum atomic E-state index is -4.52. The molecule has 1 N–H and O–H groups in total. The first kappa shape index (κ1) is 18.5. The first-order chi connectivity index (χ1) is 12.2. The minimum Gasteiger partial charge on any atom is -0.486 e. The monoisotopic (exact) mass is 387 g/mol. The second-order valence-electron chi connectivity index (χ2n) is 5.77. The molecule has 0 saturated carbocycles. The van der Waals surface area contributed by atoms with Gasteiger partial charge in [-0.1, -0.05) is 6.07 Å². The number of rotatable bonds is 4. The Morgan fingerprint density at radius 3 is 2.23 bits per heavy atom. The van der Waals surface area contributed by atoms with E-state index in [1.165, 1.54) is 0 Å². The molecule has 0 saturated heterocycles. The van der Waals surface area contributed by atoms with Crippen LogP contribution >= 0.6 is 0 Å². The van der Waals surface area contributed by atoms with Gasteiger partial charge in [-0.3, -0.25) is 0 Å². The molecule has 1 unspecified atom stereocenters. The van der Waals surface area contributed by atoms with E-state index in [9.17, 15) is 21.6 Å². The molecule has 1 aliphatic heterocycles. The van der Waals surface area contributed by atoms with Gasteiger partial charge in [0.25, 0.3) is 0 Å². The van der Waals surface area contributed by atoms with Crippen molar-refractivity contribution in [2.45, 2.75) is 24.0 Å². The van der Waals surface area contributed by atoms with Gasteiger partial charge < -0.3 is 9.47 Å². The molecule has 5 nitrogen and oxygen atoms in total. The van der Waals surface area contributed by atoms with Crippen LogP contribution in [-0.2, 0) is 16.2 Å². The van der Waals surface area contributed by atoms with Crippen molar-refractivity contribution in [3.63, 3.8) is 0 Å². The normalized spacial score (nSPS) is 15.5. The van der Waals surface area contributed by atoms with Crippen LogP contribution in [0.2, 0.25) is 0 Å². The minimum absolute atomic E-state index is 0.241. The lowest BCUT2D eigenvalue weighted by atomic mass is 10.1. The summed E-state index contributed by atoms with van der Waals surface area (Å²) in [5.41, 5.74) is -0.263. The third-order valence-corrected chi connectivity index (χ3v) is 5.45. The van der Waals surface area contributed by atoms with E-state index < -0.39 is 27.8 Å². The largest absolute Gasteiger partial charge is 0.486 e. The predicted octanol–water partition coefficient (Wildman–Crippen LogP) is 3.52. The smallest absolute Gasteiger partial charge is 0.416 e. The molecule has 0 fully saturated rings. The topological polar surface area (TPSA) is 64.6 Å². The van der Waals surface area contributed by atoms with Crippen LogP contribution in [-0.4, -0.2) is 21.6 Å². The first-order valence-corrected chi connectivity index (χ1v) is 9.24. The standard InChI is InChI=1S/C17H16F3NO4S/c1-11(12-2-7-15-16(10-12)25-9-8-24-15)21-26(22,23)14-5-3-13(4-6-14)17(18,19)20/h2-7,10-11,21H,8-9H2,1H3. The number of sulfonamides is 1. The fourth-order valence-electron chi connectivity index (χ4n) is 2.52. The van der Waals surface area contributed by atoms with Gasteiger partial charge in [0, 0.05) is 6.04 Å². The maximum Gasteiger partial charge on any atom is 0.416 e. The summed E-state index contributed by atoms with van der Waals surface area (Å²) in [6, 6.07) is 7.79. The van der Waals surface area contributed by atoms with Crippen molar-refractivity contribution in [2.75, 3.05) is 13.2 Å². The summed E-state index contributed by atoms with van der Waals surface area (Å²) < 4.78 is 76.0. The number of hydrogen-bond acceptors (Lipinski definition) is 4. The molecule has 0 spiro atoms. The summed E-state index contributed by atoms with van der Waals surface area (Å²) >= 11 is 0. The Bertz CT molecular complexity index is 895. The SMILES string of the molecule is CC(NS(=O)(=O)c1ccc(C(F)(F)F)cc1)c1ccc2c(c1)OCCO2. The Hall–Kier alpha value is -2.26. The molecule has 140 valence electrons. The van der Waals surface area contributed by atoms with Gasteiger partial charge in [-0.15, -0.1) is 0 Å². The van der Waals surface area contributed by atoms with Gasteiger partial charge in [0.2, 0.25) is 10.0 Å². The van der Waals surface area contributed by atoms with Gasteiger partial charge in [-0.25, -0.2) is 13.1 Å². The fourth-order valence-corrected chi connectivity index (χ4v) is 3.75. The lowest BCUT2D eigenvalue weighted by Gasteiger charge is -2.21. The molecule has 0 radical (unpaired) electrons. The summed E-state index contributed by atoms with van der Waals surface area (Å²) in [6.07, 6.45) is -4.52. The maximum absolute atomic E-state index is 12.6. The third-order valence-electron chi connectivity index (χ3n) is 3.89. The Morgan fingerprint density at radius 1 is 1.00 bits per heavy atom. The van der Waals surface area contributed by atoms with Crippen molar-refractivity contribution in [3.8, 4) is 11.5 Å². The zero-order valence-electron chi connectivity index (χ0n) is 13.7. The number of benzene rings is 2. The van der Waals surface area contributed by atoms with Crippen LogP contribution in [0.1, 0.15) is 24.1 Å². The third kappa shape index (κ3) is 3.94. The molecule has 0 bridgehead atoms. The van der Waals surface area contributed by atoms with Crippen LogP contribution in [0.4, 0.5) is 13.2 Å². The summed E-state index contributed by atoms with van der Waals surface area (Å²) in [6.45, 7) is 2.48. The summed E-state index contributed by atoms with van der Waals surface area (Å²) in [5, 5.41) is 0. The quantitative estimate of drug-likeness (QED) is 0.872. The van der Waals surface area contributed by atoms with E-state index in [0.717, 1.165) is 24.3 Å². The van der Waals surface area contributed by atoms with Crippen LogP contribution in [0.5, 0.6) is 11.5 Å². The molecular weight excluding hydrogens is 371 g/mol. The Kier molecular flexibility index (Phi) is 4.85. The lowest BCUT2D eigenvalue weighted by molar-refractivity contribution is -0.137. The predicted molar refractivity (Wildman–Crippen MR) is 87.6 cm³/mol. The highest BCUT2D eigenvalue weighted by atomic mass is 32.2. The molecule has 9 heteroatoms. The molecule has 0 aromatic heterocycles. The van der Waals surface area contributed by atoms with Crippen LogP contribution in [0.25, 0.3) is 0 Å². The average Bonchev–Trinajstić information content (AvgIpc) is 2.60. The van der Waals surface area contributed by atoms with Crippen LogP contribution in [0.3, 0.4) is 0 Å². The van der Waals surface area contributed by atoms with E-state index >= 15 is 0 Å². The van der Waals surface area contributed by atoms with E-state index in [4.69, 9.17) is 9.47 Å². The van der Waals surface area contributed by atoms with E-state index in [0.29, 0.717) is 30.3 Å². The molecule has 26 heavy (non-hydrogen) atoms. The number of alkyl halides is 3. The second-order valence-corrected chi connectivity index (χ2v) is 7.48. The molecule has 2 aromatic carbocycles. The van der Waals surface area contributed by atoms with Crippen LogP contribution in [0.15, 0.2) is 47.4 Å². The molecule has 1 atom stereocenters. The maximum atomic E-state index is 12.6. The molecule has 1 aliphatic rings. The highest BCUT2D eigenvalue weighted by molar-refractivity contribution is 7.89. The Balaban J connectivity index is 1.78. The lowest BCUT2D eigenvalue weighted by Crippen LogP contribution is -2.27. The Morgan fingerprint density at radius 2 is 1.62 bits per heavy atom. The van der Waals surface area contributed by atoms with Crippen molar-refractivity contribution in [2.24, 2.45) is 0 Å². The number of ether oxygens (including phenoxy) is 2. The molecule has 2 aromatic rings. The van der Waals surface area contributed by atoms with Gasteiger partial charge in [0.05, 0.1) is 10.5 Å². The van der Waals surface area contributed by atoms with Gasteiger partial charge in [-0.2, -0.15) is 13.2 Å². The van der Waals surface area contributed by atoms with Crippen molar-refractivity contribution >= 4 is 10.0 Å². The highest BCUT2D eigenvalue weighted by Gasteiger charge is 2.31. The van der Waals surface area contributed by atoms with Crippen molar-refractivity contribution in [3.05, 3.63) is 53.6 Å². The zero-order valence-corrected chi connectivity index (χ0v) is 14.5. The summed E-state index contributed by atoms with van der Waals surface area (Å²) in [7, 11) is -3.98. The average molecular weight is 387 g/mol. The number of hydrogen-bond donors (Lipinski definition) is 1. The number of halogens is 3. The van der Waals surface area contributed by atoms with E-state index in [2.05, 4.69) is 4.72 Å². The summed E-state index contributed by atoms with van der Waals surface area (Å²) in [5.74, 6) is 1.10. The van der Waals surface area contributed by atoms with Crippen LogP contribution in [0, 0.1) is 0 Å². The van der Waals surface area contributed by atoms with E-state index in [1.807, 2.05) is 0 Å². The zero-order chi connectivity index (χ0) is 18.9. The molecule has 3 rings (SSSR count). The van der Waals surface area contributed by atoms with Crippen molar-refractivity contribution < 1.29 is 31.1 Å². The van der Waals surface area contributed by atoms with E-state index in [-0.39, 0.29) is 4.90 Å². The van der Waals surface area contributed by atoms with Gasteiger partial charge >= 0.3 is 6.18 Å². The molecular formula is C17H16F3NO4S. The molecule has 0 amide bonds. The first-order valence-electron chi connectivity index (χ1n) is 7.76. The number of nitrogens with one attached hydrogen (secondary N) is 1.